The number of hydrogen-bond acceptors (Lipinski definition) is 5. The number of benzene rings is 3. The normalized spacial score (nSPS) is 11.6. The number of aryl methyl sites for hydroxylation is 1. The van der Waals surface area contributed by atoms with Crippen LogP contribution in [0.3, 0.4) is 0 Å². The zero-order valence-electron chi connectivity index (χ0n) is 22.4. The lowest BCUT2D eigenvalue weighted by atomic mass is 10.1. The van der Waals surface area contributed by atoms with Gasteiger partial charge in [-0.1, -0.05) is 50.2 Å². The number of ether oxygens (including phenoxy) is 1. The van der Waals surface area contributed by atoms with Gasteiger partial charge in [-0.05, 0) is 49.4 Å². The van der Waals surface area contributed by atoms with Crippen molar-refractivity contribution >= 4 is 21.9 Å². The summed E-state index contributed by atoms with van der Waals surface area (Å²) in [5, 5.41) is 5.76. The second kappa shape index (κ2) is 9.54. The Kier molecular flexibility index (Phi) is 5.70. The molecule has 196 valence electrons. The van der Waals surface area contributed by atoms with Crippen LogP contribution in [-0.2, 0) is 0 Å². The number of hydrogen-bond donors (Lipinski definition) is 0. The van der Waals surface area contributed by atoms with Crippen LogP contribution in [0.5, 0.6) is 11.5 Å². The highest BCUT2D eigenvalue weighted by Gasteiger charge is 2.18. The molecule has 7 heteroatoms. The van der Waals surface area contributed by atoms with Crippen molar-refractivity contribution in [1.29, 1.82) is 0 Å². The summed E-state index contributed by atoms with van der Waals surface area (Å²) >= 11 is 0. The average molecular weight is 526 g/mol. The maximum Gasteiger partial charge on any atom is 0.306 e. The van der Waals surface area contributed by atoms with Gasteiger partial charge in [-0.15, -0.1) is 0 Å². The molecule has 0 unspecified atom stereocenters. The van der Waals surface area contributed by atoms with E-state index in [2.05, 4.69) is 42.0 Å². The molecule has 0 N–H and O–H groups in total. The van der Waals surface area contributed by atoms with Crippen molar-refractivity contribution in [1.82, 2.24) is 24.3 Å². The Morgan fingerprint density at radius 1 is 0.800 bits per heavy atom. The molecule has 7 aromatic rings. The molecule has 7 rings (SSSR count). The van der Waals surface area contributed by atoms with E-state index < -0.39 is 0 Å². The van der Waals surface area contributed by atoms with Crippen LogP contribution in [0.15, 0.2) is 108 Å². The quantitative estimate of drug-likeness (QED) is 0.219. The summed E-state index contributed by atoms with van der Waals surface area (Å²) < 4.78 is 16.5. The molecule has 0 aliphatic carbocycles. The first kappa shape index (κ1) is 23.9. The van der Waals surface area contributed by atoms with Crippen molar-refractivity contribution in [3.63, 3.8) is 0 Å². The van der Waals surface area contributed by atoms with Crippen LogP contribution < -0.4 is 4.74 Å². The molecule has 0 aliphatic rings. The molecule has 0 saturated heterocycles. The number of fused-ring (bicyclic) bond motifs is 3. The predicted molar refractivity (Wildman–Crippen MR) is 157 cm³/mol. The molecule has 0 spiro atoms. The SMILES string of the molecule is Cc1cc(-c2ccccc2)n(-c2cccc(Oc3ccc4c5ncccc5n(-c5ncc(C(C)C)o5)c4c3)c2)n1. The van der Waals surface area contributed by atoms with Crippen molar-refractivity contribution in [2.45, 2.75) is 26.7 Å². The highest BCUT2D eigenvalue weighted by Crippen LogP contribution is 2.35. The van der Waals surface area contributed by atoms with Gasteiger partial charge in [-0.25, -0.2) is 9.67 Å². The van der Waals surface area contributed by atoms with E-state index in [-0.39, 0.29) is 5.92 Å². The van der Waals surface area contributed by atoms with Crippen LogP contribution >= 0.6 is 0 Å². The molecule has 0 amide bonds. The van der Waals surface area contributed by atoms with Gasteiger partial charge in [0.1, 0.15) is 17.3 Å². The molecule has 3 aromatic carbocycles. The largest absolute Gasteiger partial charge is 0.457 e. The maximum atomic E-state index is 6.41. The molecule has 0 fully saturated rings. The summed E-state index contributed by atoms with van der Waals surface area (Å²) in [4.78, 5) is 9.24. The molecule has 40 heavy (non-hydrogen) atoms. The summed E-state index contributed by atoms with van der Waals surface area (Å²) in [6.07, 6.45) is 3.60. The third kappa shape index (κ3) is 4.12. The summed E-state index contributed by atoms with van der Waals surface area (Å²) in [6, 6.07) is 30.8. The standard InChI is InChI=1S/C33H27N5O2/c1-21(2)31-20-35-33(40-31)37-28-13-8-16-34-32(28)27-15-14-26(19-30(27)37)39-25-12-7-11-24(18-25)38-29(17-22(3)36-38)23-9-5-4-6-10-23/h4-21H,1-3H3. The van der Waals surface area contributed by atoms with E-state index in [1.54, 1.807) is 12.4 Å². The van der Waals surface area contributed by atoms with Gasteiger partial charge in [-0.2, -0.15) is 5.10 Å². The first-order valence-corrected chi connectivity index (χ1v) is 13.3. The van der Waals surface area contributed by atoms with Crippen LogP contribution in [0.25, 0.3) is 44.9 Å². The molecule has 0 aliphatic heterocycles. The van der Waals surface area contributed by atoms with Crippen molar-refractivity contribution in [3.05, 3.63) is 115 Å². The van der Waals surface area contributed by atoms with E-state index in [4.69, 9.17) is 14.3 Å². The van der Waals surface area contributed by atoms with Gasteiger partial charge in [0.15, 0.2) is 0 Å². The fourth-order valence-corrected chi connectivity index (χ4v) is 5.05. The van der Waals surface area contributed by atoms with E-state index in [0.29, 0.717) is 17.5 Å². The minimum atomic E-state index is 0.236. The third-order valence-electron chi connectivity index (χ3n) is 6.96. The van der Waals surface area contributed by atoms with Gasteiger partial charge in [0, 0.05) is 35.2 Å². The molecule has 0 radical (unpaired) electrons. The Labute approximate surface area is 231 Å². The number of oxazole rings is 1. The van der Waals surface area contributed by atoms with Crippen molar-refractivity contribution in [3.8, 4) is 34.5 Å². The lowest BCUT2D eigenvalue weighted by Crippen LogP contribution is -1.99. The van der Waals surface area contributed by atoms with Gasteiger partial charge in [0.05, 0.1) is 39.8 Å². The second-order valence-corrected chi connectivity index (χ2v) is 10.1. The molecule has 0 saturated carbocycles. The molecule has 0 bridgehead atoms. The number of aromatic nitrogens is 5. The van der Waals surface area contributed by atoms with Crippen molar-refractivity contribution in [2.24, 2.45) is 0 Å². The van der Waals surface area contributed by atoms with Crippen molar-refractivity contribution < 1.29 is 9.15 Å². The van der Waals surface area contributed by atoms with Crippen LogP contribution in [-0.4, -0.2) is 24.3 Å². The topological polar surface area (TPSA) is 70.9 Å². The summed E-state index contributed by atoms with van der Waals surface area (Å²) in [5.74, 6) is 2.48. The fraction of sp³-hybridized carbons (Fsp3) is 0.121. The first-order valence-electron chi connectivity index (χ1n) is 13.3. The zero-order valence-corrected chi connectivity index (χ0v) is 22.4. The summed E-state index contributed by atoms with van der Waals surface area (Å²) in [5.41, 5.74) is 6.73. The van der Waals surface area contributed by atoms with Crippen molar-refractivity contribution in [2.75, 3.05) is 0 Å². The first-order chi connectivity index (χ1) is 19.5. The Morgan fingerprint density at radius 3 is 2.48 bits per heavy atom. The summed E-state index contributed by atoms with van der Waals surface area (Å²) in [6.45, 7) is 6.18. The molecule has 4 aromatic heterocycles. The Bertz CT molecular complexity index is 1980. The minimum absolute atomic E-state index is 0.236. The van der Waals surface area contributed by atoms with Crippen LogP contribution in [0.4, 0.5) is 0 Å². The fourth-order valence-electron chi connectivity index (χ4n) is 5.05. The van der Waals surface area contributed by atoms with E-state index in [0.717, 1.165) is 50.3 Å². The van der Waals surface area contributed by atoms with Gasteiger partial charge in [0.2, 0.25) is 0 Å². The van der Waals surface area contributed by atoms with E-state index >= 15 is 0 Å². The van der Waals surface area contributed by atoms with Gasteiger partial charge >= 0.3 is 6.01 Å². The highest BCUT2D eigenvalue weighted by atomic mass is 16.5. The van der Waals surface area contributed by atoms with Crippen LogP contribution in [0, 0.1) is 6.92 Å². The lowest BCUT2D eigenvalue weighted by molar-refractivity contribution is 0.468. The van der Waals surface area contributed by atoms with E-state index in [9.17, 15) is 0 Å². The van der Waals surface area contributed by atoms with Crippen LogP contribution in [0.2, 0.25) is 0 Å². The minimum Gasteiger partial charge on any atom is -0.457 e. The average Bonchev–Trinajstić information content (AvgIpc) is 3.69. The Hall–Kier alpha value is -5.17. The molecular formula is C33H27N5O2. The maximum absolute atomic E-state index is 6.41. The second-order valence-electron chi connectivity index (χ2n) is 10.1. The highest BCUT2D eigenvalue weighted by molar-refractivity contribution is 6.07. The van der Waals surface area contributed by atoms with E-state index in [1.807, 2.05) is 89.0 Å². The third-order valence-corrected chi connectivity index (χ3v) is 6.96. The number of nitrogens with zero attached hydrogens (tertiary/aromatic N) is 5. The monoisotopic (exact) mass is 525 g/mol. The predicted octanol–water partition coefficient (Wildman–Crippen LogP) is 8.24. The van der Waals surface area contributed by atoms with Crippen LogP contribution in [0.1, 0.15) is 31.2 Å². The number of pyridine rings is 1. The zero-order chi connectivity index (χ0) is 27.2. The smallest absolute Gasteiger partial charge is 0.306 e. The van der Waals surface area contributed by atoms with E-state index in [1.165, 1.54) is 0 Å². The van der Waals surface area contributed by atoms with Gasteiger partial charge in [0.25, 0.3) is 0 Å². The Morgan fingerprint density at radius 2 is 1.65 bits per heavy atom. The molecule has 0 atom stereocenters. The molecule has 7 nitrogen and oxygen atoms in total. The Balaban J connectivity index is 1.29. The number of rotatable bonds is 6. The summed E-state index contributed by atoms with van der Waals surface area (Å²) in [7, 11) is 0. The van der Waals surface area contributed by atoms with Gasteiger partial charge in [-0.3, -0.25) is 9.55 Å². The van der Waals surface area contributed by atoms with Gasteiger partial charge < -0.3 is 9.15 Å². The molecule has 4 heterocycles. The lowest BCUT2D eigenvalue weighted by Gasteiger charge is -2.11. The molecular weight excluding hydrogens is 498 g/mol.